The predicted octanol–water partition coefficient (Wildman–Crippen LogP) is 1.14. The summed E-state index contributed by atoms with van der Waals surface area (Å²) in [5.41, 5.74) is 9.03. The molecule has 6 atom stereocenters. The first kappa shape index (κ1) is 64.3. The average molecular weight is 1180 g/mol. The number of hydrogen-bond donors (Lipinski definition) is 7. The average Bonchev–Trinajstić information content (AvgIpc) is 4.20. The molecule has 27 heteroatoms. The van der Waals surface area contributed by atoms with Gasteiger partial charge in [0.25, 0.3) is 0 Å². The van der Waals surface area contributed by atoms with Crippen molar-refractivity contribution in [2.75, 3.05) is 189 Å². The van der Waals surface area contributed by atoms with Crippen LogP contribution in [-0.4, -0.2) is 256 Å². The van der Waals surface area contributed by atoms with E-state index in [0.29, 0.717) is 156 Å². The van der Waals surface area contributed by atoms with Gasteiger partial charge in [-0.3, -0.25) is 14.9 Å². The van der Waals surface area contributed by atoms with Gasteiger partial charge in [-0.05, 0) is 61.0 Å². The highest BCUT2D eigenvalue weighted by Gasteiger charge is 2.33. The van der Waals surface area contributed by atoms with Gasteiger partial charge in [0, 0.05) is 82.2 Å². The summed E-state index contributed by atoms with van der Waals surface area (Å²) in [7, 11) is 3.72. The standard InChI is InChI=1S/C54H87N11O14S2/c1-40-33-55-52(68)58-51(40)80-39-50(67)65-34-41-4-7-48(70-3)31-42(41)30-46(65)37-78-27-25-75-21-18-72-17-16-71-15-14-64-35-45(60-61-64)36-77-26-24-74-20-19-73-22-23-76-28-29-79-47-8-5-43(6-9-47)56-53(69)59-54-57-44(38-81-54)32-49(66)63-12-10-62(2)11-13-63/h4-9,31,40,44-46,51,54,57,60-61H,10-30,32-39H2,1-3H3,(H2,55,58,68)(H2,56,59,69)/t40?,44?,45?,46-,51?,54?/m0/s1. The van der Waals surface area contributed by atoms with Crippen LogP contribution in [0.25, 0.3) is 0 Å². The summed E-state index contributed by atoms with van der Waals surface area (Å²) in [4.78, 5) is 56.8. The van der Waals surface area contributed by atoms with Gasteiger partial charge < -0.3 is 83.3 Å². The first-order chi connectivity index (χ1) is 39.6. The Bertz CT molecular complexity index is 2180. The fourth-order valence-electron chi connectivity index (χ4n) is 9.30. The van der Waals surface area contributed by atoms with E-state index >= 15 is 0 Å². The van der Waals surface area contributed by atoms with Gasteiger partial charge in [-0.25, -0.2) is 20.0 Å². The van der Waals surface area contributed by atoms with Crippen LogP contribution in [0.4, 0.5) is 15.3 Å². The highest BCUT2D eigenvalue weighted by molar-refractivity contribution is 8.00. The quantitative estimate of drug-likeness (QED) is 0.0468. The van der Waals surface area contributed by atoms with Crippen molar-refractivity contribution < 1.29 is 66.5 Å². The van der Waals surface area contributed by atoms with Gasteiger partial charge in [-0.2, -0.15) is 5.53 Å². The Morgan fingerprint density at radius 2 is 1.36 bits per heavy atom. The lowest BCUT2D eigenvalue weighted by Gasteiger charge is -2.37. The molecule has 0 aromatic heterocycles. The molecular weight excluding hydrogens is 1090 g/mol. The fraction of sp³-hybridized carbons (Fsp3) is 0.704. The highest BCUT2D eigenvalue weighted by atomic mass is 32.2. The molecule has 5 aliphatic heterocycles. The summed E-state index contributed by atoms with van der Waals surface area (Å²) in [5, 5.41) is 16.8. The third kappa shape index (κ3) is 23.7. The minimum atomic E-state index is -0.325. The number of thioether (sulfide) groups is 2. The van der Waals surface area contributed by atoms with Crippen LogP contribution in [0, 0.1) is 5.92 Å². The van der Waals surface area contributed by atoms with Crippen molar-refractivity contribution in [1.82, 2.24) is 51.9 Å². The molecule has 0 saturated carbocycles. The molecule has 5 unspecified atom stereocenters. The number of rotatable bonds is 37. The lowest BCUT2D eigenvalue weighted by molar-refractivity contribution is -0.134. The Kier molecular flexibility index (Phi) is 28.9. The number of hydrazine groups is 2. The van der Waals surface area contributed by atoms with Crippen LogP contribution >= 0.6 is 23.5 Å². The molecular formula is C54H87N11O14S2. The lowest BCUT2D eigenvalue weighted by Crippen LogP contribution is -2.53. The fourth-order valence-corrected chi connectivity index (χ4v) is 11.5. The third-order valence-corrected chi connectivity index (χ3v) is 16.5. The number of nitrogens with one attached hydrogen (secondary N) is 7. The molecule has 454 valence electrons. The third-order valence-electron chi connectivity index (χ3n) is 14.0. The van der Waals surface area contributed by atoms with Crippen LogP contribution in [0.5, 0.6) is 11.5 Å². The molecule has 0 aliphatic carbocycles. The van der Waals surface area contributed by atoms with Crippen molar-refractivity contribution in [1.29, 1.82) is 0 Å². The van der Waals surface area contributed by atoms with E-state index in [0.717, 1.165) is 55.4 Å². The summed E-state index contributed by atoms with van der Waals surface area (Å²) in [6.45, 7) is 15.6. The van der Waals surface area contributed by atoms with E-state index in [4.69, 9.17) is 47.4 Å². The number of hydrogen-bond acceptors (Lipinski definition) is 21. The van der Waals surface area contributed by atoms with Gasteiger partial charge in [-0.15, -0.1) is 23.5 Å². The maximum absolute atomic E-state index is 13.6. The van der Waals surface area contributed by atoms with Gasteiger partial charge in [0.2, 0.25) is 11.8 Å². The number of nitrogens with zero attached hydrogens (tertiary/aromatic N) is 4. The summed E-state index contributed by atoms with van der Waals surface area (Å²) in [5.74, 6) is 2.86. The number of piperazine rings is 1. The topological polar surface area (TPSA) is 258 Å². The zero-order valence-electron chi connectivity index (χ0n) is 47.3. The summed E-state index contributed by atoms with van der Waals surface area (Å²) in [6.07, 6.45) is 1.09. The number of benzene rings is 2. The number of methoxy groups -OCH3 is 1. The maximum atomic E-state index is 13.6. The first-order valence-electron chi connectivity index (χ1n) is 28.2. The van der Waals surface area contributed by atoms with Crippen molar-refractivity contribution in [2.24, 2.45) is 5.92 Å². The normalized spacial score (nSPS) is 22.3. The Morgan fingerprint density at radius 3 is 2.04 bits per heavy atom. The predicted molar refractivity (Wildman–Crippen MR) is 307 cm³/mol. The number of anilines is 1. The molecule has 2 aromatic rings. The van der Waals surface area contributed by atoms with E-state index in [-0.39, 0.29) is 64.5 Å². The largest absolute Gasteiger partial charge is 0.497 e. The van der Waals surface area contributed by atoms with E-state index in [1.807, 2.05) is 28.0 Å². The van der Waals surface area contributed by atoms with Crippen molar-refractivity contribution in [3.8, 4) is 11.5 Å². The van der Waals surface area contributed by atoms with Gasteiger partial charge >= 0.3 is 12.1 Å². The molecule has 25 nitrogen and oxygen atoms in total. The number of carbonyl (C=O) groups excluding carboxylic acids is 4. The number of fused-ring (bicyclic) bond motifs is 1. The Morgan fingerprint density at radius 1 is 0.728 bits per heavy atom. The number of carbonyl (C=O) groups is 4. The van der Waals surface area contributed by atoms with Gasteiger partial charge in [0.15, 0.2) is 0 Å². The molecule has 6 amide bonds. The van der Waals surface area contributed by atoms with Crippen molar-refractivity contribution >= 4 is 53.1 Å². The minimum absolute atomic E-state index is 0.0201. The first-order valence-corrected chi connectivity index (χ1v) is 30.3. The zero-order valence-corrected chi connectivity index (χ0v) is 49.0. The van der Waals surface area contributed by atoms with Crippen molar-refractivity contribution in [3.63, 3.8) is 0 Å². The summed E-state index contributed by atoms with van der Waals surface area (Å²) < 4.78 is 57.1. The Balaban J connectivity index is 0.595. The number of ether oxygens (including phenoxy) is 10. The Hall–Kier alpha value is -4.30. The van der Waals surface area contributed by atoms with Crippen LogP contribution in [0.1, 0.15) is 24.5 Å². The minimum Gasteiger partial charge on any atom is -0.497 e. The molecule has 0 spiro atoms. The van der Waals surface area contributed by atoms with Gasteiger partial charge in [0.1, 0.15) is 23.6 Å². The molecule has 2 aromatic carbocycles. The van der Waals surface area contributed by atoms with E-state index in [1.54, 1.807) is 43.1 Å². The molecule has 0 radical (unpaired) electrons. The van der Waals surface area contributed by atoms with E-state index in [2.05, 4.69) is 61.4 Å². The number of urea groups is 2. The molecule has 4 fully saturated rings. The van der Waals surface area contributed by atoms with E-state index < -0.39 is 0 Å². The Labute approximate surface area is 485 Å². The maximum Gasteiger partial charge on any atom is 0.321 e. The highest BCUT2D eigenvalue weighted by Crippen LogP contribution is 2.29. The van der Waals surface area contributed by atoms with Gasteiger partial charge in [-0.1, -0.05) is 13.0 Å². The van der Waals surface area contributed by atoms with E-state index in [1.165, 1.54) is 11.8 Å². The SMILES string of the molecule is COc1ccc2c(c1)C[C@@H](COCCOCCOCCOCCN1CC(COCCOCCOCCOCCOc3ccc(NC(=O)NC4NC(CC(=O)N5CCN(C)CC5)CS4)cc3)NN1)N(C(=O)CSC1NC(=O)NCC1C)C2. The molecule has 0 bridgehead atoms. The van der Waals surface area contributed by atoms with Crippen LogP contribution in [0.2, 0.25) is 0 Å². The molecule has 7 N–H and O–H groups in total. The second-order valence-corrected chi connectivity index (χ2v) is 22.5. The van der Waals surface area contributed by atoms with Crippen molar-refractivity contribution in [2.45, 2.75) is 55.3 Å². The van der Waals surface area contributed by atoms with Crippen LogP contribution in [0.15, 0.2) is 42.5 Å². The van der Waals surface area contributed by atoms with E-state index in [9.17, 15) is 19.2 Å². The van der Waals surface area contributed by atoms with Crippen molar-refractivity contribution in [3.05, 3.63) is 53.6 Å². The summed E-state index contributed by atoms with van der Waals surface area (Å²) in [6, 6.07) is 12.6. The molecule has 5 heterocycles. The van der Waals surface area contributed by atoms with Gasteiger partial charge in [0.05, 0.1) is 136 Å². The second kappa shape index (κ2) is 36.4. The van der Waals surface area contributed by atoms with Crippen LogP contribution in [0.3, 0.4) is 0 Å². The summed E-state index contributed by atoms with van der Waals surface area (Å²) >= 11 is 3.05. The monoisotopic (exact) mass is 1180 g/mol. The molecule has 5 aliphatic rings. The molecule has 81 heavy (non-hydrogen) atoms. The zero-order chi connectivity index (χ0) is 56.9. The second-order valence-electron chi connectivity index (χ2n) is 20.2. The smallest absolute Gasteiger partial charge is 0.321 e. The van der Waals surface area contributed by atoms with Crippen LogP contribution in [-0.2, 0) is 60.4 Å². The molecule has 4 saturated heterocycles. The number of likely N-dealkylation sites (N-methyl/N-ethyl adjacent to an activating group) is 1. The molecule has 7 rings (SSSR count). The number of amides is 6. The lowest BCUT2D eigenvalue weighted by atomic mass is 9.94. The van der Waals surface area contributed by atoms with Crippen LogP contribution < -0.4 is 47.0 Å².